The summed E-state index contributed by atoms with van der Waals surface area (Å²) in [5, 5.41) is 11.5. The Morgan fingerprint density at radius 3 is 2.55 bits per heavy atom. The fraction of sp³-hybridized carbons (Fsp3) is 0.227. The van der Waals surface area contributed by atoms with Gasteiger partial charge in [-0.15, -0.1) is 10.2 Å². The highest BCUT2D eigenvalue weighted by Gasteiger charge is 2.29. The Balaban J connectivity index is 1.42. The van der Waals surface area contributed by atoms with Crippen molar-refractivity contribution in [3.05, 3.63) is 66.0 Å². The topological polar surface area (TPSA) is 97.2 Å². The van der Waals surface area contributed by atoms with E-state index in [1.165, 1.54) is 23.9 Å². The molecule has 0 bridgehead atoms. The fourth-order valence-electron chi connectivity index (χ4n) is 3.20. The molecular weight excluding hydrogens is 465 g/mol. The van der Waals surface area contributed by atoms with Crippen LogP contribution in [0, 0.1) is 5.82 Å². The van der Waals surface area contributed by atoms with E-state index in [2.05, 4.69) is 15.5 Å². The molecule has 0 atom stereocenters. The first-order valence-corrected chi connectivity index (χ1v) is 12.1. The molecule has 33 heavy (non-hydrogen) atoms. The first-order chi connectivity index (χ1) is 16.0. The Labute approximate surface area is 197 Å². The minimum Gasteiger partial charge on any atom is -0.354 e. The first kappa shape index (κ1) is 23.0. The molecule has 0 saturated carbocycles. The van der Waals surface area contributed by atoms with Crippen LogP contribution in [-0.4, -0.2) is 61.3 Å². The molecule has 1 aromatic heterocycles. The van der Waals surface area contributed by atoms with E-state index in [0.717, 1.165) is 22.2 Å². The highest BCUT2D eigenvalue weighted by Crippen LogP contribution is 2.25. The molecule has 1 saturated heterocycles. The van der Waals surface area contributed by atoms with Gasteiger partial charge in [0, 0.05) is 18.7 Å². The van der Waals surface area contributed by atoms with E-state index in [4.69, 9.17) is 0 Å². The number of nitrogens with zero attached hydrogens (tertiary/aromatic N) is 4. The largest absolute Gasteiger partial charge is 0.354 e. The number of thioether (sulfide) groups is 2. The van der Waals surface area contributed by atoms with Gasteiger partial charge in [-0.1, -0.05) is 53.9 Å². The monoisotopic (exact) mass is 485 g/mol. The lowest BCUT2D eigenvalue weighted by atomic mass is 10.2. The molecule has 1 aliphatic heterocycles. The molecule has 1 aliphatic rings. The van der Waals surface area contributed by atoms with Crippen molar-refractivity contribution in [1.82, 2.24) is 25.0 Å². The van der Waals surface area contributed by atoms with Crippen LogP contribution in [0.3, 0.4) is 0 Å². The van der Waals surface area contributed by atoms with Crippen molar-refractivity contribution in [1.29, 1.82) is 0 Å². The van der Waals surface area contributed by atoms with Gasteiger partial charge in [-0.05, 0) is 29.8 Å². The van der Waals surface area contributed by atoms with Gasteiger partial charge >= 0.3 is 0 Å². The number of rotatable bonds is 9. The summed E-state index contributed by atoms with van der Waals surface area (Å²) in [5.74, 6) is -0.0102. The van der Waals surface area contributed by atoms with E-state index in [-0.39, 0.29) is 47.5 Å². The molecule has 1 fully saturated rings. The third-order valence-corrected chi connectivity index (χ3v) is 6.66. The smallest absolute Gasteiger partial charge is 0.288 e. The zero-order chi connectivity index (χ0) is 23.2. The Kier molecular flexibility index (Phi) is 7.40. The van der Waals surface area contributed by atoms with Gasteiger partial charge in [0.25, 0.3) is 5.24 Å². The minimum absolute atomic E-state index is 0.0903. The summed E-state index contributed by atoms with van der Waals surface area (Å²) in [5.41, 5.74) is 1.75. The molecular formula is C22H20FN5O3S2. The lowest BCUT2D eigenvalue weighted by Crippen LogP contribution is -2.38. The molecule has 11 heteroatoms. The number of halogens is 1. The van der Waals surface area contributed by atoms with Crippen LogP contribution in [0.25, 0.3) is 11.4 Å². The number of nitrogens with one attached hydrogen (secondary N) is 1. The summed E-state index contributed by atoms with van der Waals surface area (Å²) in [6, 6.07) is 15.8. The van der Waals surface area contributed by atoms with E-state index in [1.807, 2.05) is 34.9 Å². The molecule has 2 aromatic carbocycles. The number of hydrogen-bond donors (Lipinski definition) is 1. The molecule has 2 heterocycles. The Morgan fingerprint density at radius 2 is 1.85 bits per heavy atom. The van der Waals surface area contributed by atoms with Crippen LogP contribution >= 0.6 is 23.5 Å². The Bertz CT molecular complexity index is 1140. The summed E-state index contributed by atoms with van der Waals surface area (Å²) in [7, 11) is 0. The van der Waals surface area contributed by atoms with Crippen molar-refractivity contribution < 1.29 is 18.8 Å². The number of carbonyl (C=O) groups excluding carboxylic acids is 3. The van der Waals surface area contributed by atoms with Crippen LogP contribution < -0.4 is 5.32 Å². The summed E-state index contributed by atoms with van der Waals surface area (Å²) in [6.45, 7) is 0.830. The van der Waals surface area contributed by atoms with Crippen LogP contribution in [0.15, 0.2) is 59.8 Å². The van der Waals surface area contributed by atoms with Crippen molar-refractivity contribution in [2.45, 2.75) is 11.7 Å². The average Bonchev–Trinajstić information content (AvgIpc) is 3.36. The zero-order valence-electron chi connectivity index (χ0n) is 17.4. The van der Waals surface area contributed by atoms with Crippen molar-refractivity contribution in [3.63, 3.8) is 0 Å². The fourth-order valence-corrected chi connectivity index (χ4v) is 4.72. The third kappa shape index (κ3) is 5.79. The molecule has 4 rings (SSSR count). The maximum absolute atomic E-state index is 13.4. The van der Waals surface area contributed by atoms with E-state index in [1.54, 1.807) is 12.1 Å². The molecule has 0 radical (unpaired) electrons. The molecule has 0 unspecified atom stereocenters. The van der Waals surface area contributed by atoms with Crippen LogP contribution in [0.2, 0.25) is 0 Å². The number of hydrogen-bond acceptors (Lipinski definition) is 7. The van der Waals surface area contributed by atoms with Gasteiger partial charge in [0.15, 0.2) is 11.0 Å². The summed E-state index contributed by atoms with van der Waals surface area (Å²) < 4.78 is 15.3. The van der Waals surface area contributed by atoms with Crippen LogP contribution in [0.5, 0.6) is 0 Å². The molecule has 8 nitrogen and oxygen atoms in total. The van der Waals surface area contributed by atoms with Crippen LogP contribution in [-0.2, 0) is 16.1 Å². The van der Waals surface area contributed by atoms with E-state index in [9.17, 15) is 18.8 Å². The van der Waals surface area contributed by atoms with E-state index in [0.29, 0.717) is 23.1 Å². The summed E-state index contributed by atoms with van der Waals surface area (Å²) >= 11 is 2.19. The van der Waals surface area contributed by atoms with Gasteiger partial charge in [0.05, 0.1) is 18.1 Å². The Hall–Kier alpha value is -3.18. The standard InChI is InChI=1S/C22H20FN5O3S2/c23-17-8-6-16(7-9-17)20-25-26-21(28(20)12-15-4-2-1-3-5-15)32-13-18(29)24-10-11-27-19(30)14-33-22(27)31/h1-9H,10-14H2,(H,24,29). The second-order valence-electron chi connectivity index (χ2n) is 7.12. The third-order valence-electron chi connectivity index (χ3n) is 4.83. The summed E-state index contributed by atoms with van der Waals surface area (Å²) in [4.78, 5) is 36.7. The van der Waals surface area contributed by atoms with E-state index >= 15 is 0 Å². The van der Waals surface area contributed by atoms with Gasteiger partial charge in [-0.2, -0.15) is 0 Å². The molecule has 3 amide bonds. The first-order valence-electron chi connectivity index (χ1n) is 10.1. The summed E-state index contributed by atoms with van der Waals surface area (Å²) in [6.07, 6.45) is 0. The highest BCUT2D eigenvalue weighted by atomic mass is 32.2. The molecule has 1 N–H and O–H groups in total. The van der Waals surface area contributed by atoms with Crippen molar-refractivity contribution in [2.75, 3.05) is 24.6 Å². The normalized spacial score (nSPS) is 13.5. The number of amides is 3. The number of carbonyl (C=O) groups is 3. The predicted molar refractivity (Wildman–Crippen MR) is 124 cm³/mol. The SMILES string of the molecule is O=C(CSc1nnc(-c2ccc(F)cc2)n1Cc1ccccc1)NCCN1C(=O)CSC1=O. The number of imide groups is 1. The number of aromatic nitrogens is 3. The highest BCUT2D eigenvalue weighted by molar-refractivity contribution is 8.14. The Morgan fingerprint density at radius 1 is 1.09 bits per heavy atom. The second kappa shape index (κ2) is 10.6. The molecule has 170 valence electrons. The van der Waals surface area contributed by atoms with Crippen molar-refractivity contribution in [2.24, 2.45) is 0 Å². The van der Waals surface area contributed by atoms with Gasteiger partial charge in [-0.25, -0.2) is 4.39 Å². The quantitative estimate of drug-likeness (QED) is 0.465. The molecule has 3 aromatic rings. The van der Waals surface area contributed by atoms with Crippen LogP contribution in [0.4, 0.5) is 9.18 Å². The average molecular weight is 486 g/mol. The van der Waals surface area contributed by atoms with E-state index < -0.39 is 0 Å². The lowest BCUT2D eigenvalue weighted by Gasteiger charge is -2.13. The van der Waals surface area contributed by atoms with Crippen molar-refractivity contribution >= 4 is 40.6 Å². The van der Waals surface area contributed by atoms with Gasteiger partial charge in [0.2, 0.25) is 11.8 Å². The maximum atomic E-state index is 13.4. The van der Waals surface area contributed by atoms with Crippen LogP contribution in [0.1, 0.15) is 5.56 Å². The van der Waals surface area contributed by atoms with Gasteiger partial charge < -0.3 is 5.32 Å². The second-order valence-corrected chi connectivity index (χ2v) is 8.99. The molecule has 0 spiro atoms. The number of benzene rings is 2. The minimum atomic E-state index is -0.338. The predicted octanol–water partition coefficient (Wildman–Crippen LogP) is 3.04. The van der Waals surface area contributed by atoms with Crippen molar-refractivity contribution in [3.8, 4) is 11.4 Å². The zero-order valence-corrected chi connectivity index (χ0v) is 19.1. The van der Waals surface area contributed by atoms with Gasteiger partial charge in [-0.3, -0.25) is 23.9 Å². The maximum Gasteiger partial charge on any atom is 0.288 e. The molecule has 0 aliphatic carbocycles. The van der Waals surface area contributed by atoms with Gasteiger partial charge in [0.1, 0.15) is 5.82 Å². The lowest BCUT2D eigenvalue weighted by molar-refractivity contribution is -0.125.